The van der Waals surface area contributed by atoms with Crippen molar-refractivity contribution in [1.29, 1.82) is 0 Å². The maximum absolute atomic E-state index is 10.7. The number of aliphatic hydroxyl groups excluding tert-OH is 1. The first kappa shape index (κ1) is 12.1. The lowest BCUT2D eigenvalue weighted by Crippen LogP contribution is -2.14. The molecule has 0 aromatic heterocycles. The van der Waals surface area contributed by atoms with Gasteiger partial charge in [0.05, 0.1) is 5.25 Å². The third-order valence-corrected chi connectivity index (χ3v) is 2.89. The zero-order valence-electron chi connectivity index (χ0n) is 7.53. The molecule has 0 aromatic carbocycles. The molecule has 0 saturated heterocycles. The van der Waals surface area contributed by atoms with E-state index in [9.17, 15) is 4.21 Å². The minimum Gasteiger partial charge on any atom is -0.396 e. The number of aliphatic hydroxyl groups is 1. The summed E-state index contributed by atoms with van der Waals surface area (Å²) in [6.45, 7) is 2.17. The van der Waals surface area contributed by atoms with Crippen LogP contribution in [0.25, 0.3) is 0 Å². The average molecular weight is 194 g/mol. The summed E-state index contributed by atoms with van der Waals surface area (Å²) in [5, 5.41) is 8.40. The highest BCUT2D eigenvalue weighted by atomic mass is 32.2. The molecule has 0 fully saturated rings. The number of rotatable bonds is 7. The zero-order valence-corrected chi connectivity index (χ0v) is 8.35. The van der Waals surface area contributed by atoms with E-state index in [2.05, 4.69) is 6.92 Å². The molecule has 0 radical (unpaired) electrons. The lowest BCUT2D eigenvalue weighted by Gasteiger charge is -2.10. The molecule has 4 heteroatoms. The molecule has 0 bridgehead atoms. The molecule has 0 spiro atoms. The summed E-state index contributed by atoms with van der Waals surface area (Å²) in [5.41, 5.74) is 0. The van der Waals surface area contributed by atoms with Gasteiger partial charge < -0.3 is 9.66 Å². The van der Waals surface area contributed by atoms with Gasteiger partial charge in [-0.25, -0.2) is 4.21 Å². The molecule has 0 saturated carbocycles. The Balaban J connectivity index is 3.62. The van der Waals surface area contributed by atoms with Gasteiger partial charge in [0.1, 0.15) is 0 Å². The molecule has 0 heterocycles. The van der Waals surface area contributed by atoms with Crippen molar-refractivity contribution in [3.05, 3.63) is 0 Å². The molecular weight excluding hydrogens is 176 g/mol. The largest absolute Gasteiger partial charge is 0.396 e. The first-order chi connectivity index (χ1) is 5.72. The Morgan fingerprint density at radius 2 is 1.92 bits per heavy atom. The lowest BCUT2D eigenvalue weighted by atomic mass is 10.1. The Labute approximate surface area is 76.5 Å². The van der Waals surface area contributed by atoms with Crippen molar-refractivity contribution in [3.8, 4) is 0 Å². The molecule has 0 aliphatic rings. The van der Waals surface area contributed by atoms with Crippen molar-refractivity contribution in [2.75, 3.05) is 6.61 Å². The van der Waals surface area contributed by atoms with Gasteiger partial charge in [0, 0.05) is 6.61 Å². The number of hydrogen-bond donors (Lipinski definition) is 2. The van der Waals surface area contributed by atoms with E-state index in [0.717, 1.165) is 19.3 Å². The monoisotopic (exact) mass is 194 g/mol. The smallest absolute Gasteiger partial charge is 0.155 e. The van der Waals surface area contributed by atoms with E-state index in [4.69, 9.17) is 9.66 Å². The maximum atomic E-state index is 10.7. The van der Waals surface area contributed by atoms with Crippen molar-refractivity contribution in [2.45, 2.75) is 44.3 Å². The van der Waals surface area contributed by atoms with Crippen LogP contribution in [0.3, 0.4) is 0 Å². The van der Waals surface area contributed by atoms with E-state index >= 15 is 0 Å². The number of unbranched alkanes of at least 4 members (excludes halogenated alkanes) is 1. The van der Waals surface area contributed by atoms with Crippen LogP contribution in [-0.2, 0) is 11.1 Å². The van der Waals surface area contributed by atoms with Gasteiger partial charge in [-0.15, -0.1) is 0 Å². The molecular formula is C8H18O3S. The Morgan fingerprint density at radius 1 is 1.33 bits per heavy atom. The van der Waals surface area contributed by atoms with E-state index in [1.165, 1.54) is 0 Å². The Kier molecular flexibility index (Phi) is 7.75. The third-order valence-electron chi connectivity index (χ3n) is 1.85. The predicted molar refractivity (Wildman–Crippen MR) is 50.4 cm³/mol. The molecule has 0 aliphatic carbocycles. The maximum Gasteiger partial charge on any atom is 0.155 e. The predicted octanol–water partition coefficient (Wildman–Crippen LogP) is 1.54. The molecule has 2 atom stereocenters. The van der Waals surface area contributed by atoms with Crippen molar-refractivity contribution < 1.29 is 13.9 Å². The van der Waals surface area contributed by atoms with Gasteiger partial charge in [-0.1, -0.05) is 19.8 Å². The average Bonchev–Trinajstić information content (AvgIpc) is 2.04. The summed E-state index contributed by atoms with van der Waals surface area (Å²) in [5.74, 6) is 0. The summed E-state index contributed by atoms with van der Waals surface area (Å²) >= 11 is -1.72. The highest BCUT2D eigenvalue weighted by Crippen LogP contribution is 2.11. The van der Waals surface area contributed by atoms with Gasteiger partial charge in [0.2, 0.25) is 0 Å². The van der Waals surface area contributed by atoms with Crippen LogP contribution in [0, 0.1) is 0 Å². The van der Waals surface area contributed by atoms with Crippen LogP contribution < -0.4 is 0 Å². The molecule has 12 heavy (non-hydrogen) atoms. The summed E-state index contributed by atoms with van der Waals surface area (Å²) in [7, 11) is 0. The molecule has 3 nitrogen and oxygen atoms in total. The fourth-order valence-corrected chi connectivity index (χ4v) is 1.83. The van der Waals surface area contributed by atoms with Gasteiger partial charge in [-0.3, -0.25) is 0 Å². The van der Waals surface area contributed by atoms with Crippen molar-refractivity contribution in [1.82, 2.24) is 0 Å². The van der Waals surface area contributed by atoms with E-state index in [0.29, 0.717) is 12.8 Å². The molecule has 2 unspecified atom stereocenters. The van der Waals surface area contributed by atoms with Crippen LogP contribution in [0.15, 0.2) is 0 Å². The van der Waals surface area contributed by atoms with Gasteiger partial charge >= 0.3 is 0 Å². The quantitative estimate of drug-likeness (QED) is 0.604. The first-order valence-electron chi connectivity index (χ1n) is 4.42. The first-order valence-corrected chi connectivity index (χ1v) is 5.59. The van der Waals surface area contributed by atoms with E-state index in [1.54, 1.807) is 0 Å². The van der Waals surface area contributed by atoms with E-state index in [1.807, 2.05) is 0 Å². The van der Waals surface area contributed by atoms with Crippen LogP contribution in [0.2, 0.25) is 0 Å². The fraction of sp³-hybridized carbons (Fsp3) is 1.00. The van der Waals surface area contributed by atoms with Gasteiger partial charge in [0.25, 0.3) is 0 Å². The van der Waals surface area contributed by atoms with Crippen molar-refractivity contribution in [2.24, 2.45) is 0 Å². The summed E-state index contributed by atoms with van der Waals surface area (Å²) in [4.78, 5) is 0. The highest BCUT2D eigenvalue weighted by molar-refractivity contribution is 7.79. The topological polar surface area (TPSA) is 57.5 Å². The minimum absolute atomic E-state index is 0.111. The molecule has 2 N–H and O–H groups in total. The van der Waals surface area contributed by atoms with Gasteiger partial charge in [-0.05, 0) is 19.3 Å². The second-order valence-electron chi connectivity index (χ2n) is 2.91. The number of hydrogen-bond acceptors (Lipinski definition) is 2. The second kappa shape index (κ2) is 7.71. The van der Waals surface area contributed by atoms with Crippen LogP contribution in [-0.4, -0.2) is 25.7 Å². The zero-order chi connectivity index (χ0) is 9.40. The molecule has 0 aliphatic heterocycles. The fourth-order valence-electron chi connectivity index (χ4n) is 1.10. The van der Waals surface area contributed by atoms with Crippen molar-refractivity contribution in [3.63, 3.8) is 0 Å². The Hall–Kier alpha value is 0.0700. The SMILES string of the molecule is CCCCC(CCCO)S(=O)O. The third kappa shape index (κ3) is 5.69. The standard InChI is InChI=1S/C8H18O3S/c1-2-3-5-8(12(10)11)6-4-7-9/h8-9H,2-7H2,1H3,(H,10,11). The van der Waals surface area contributed by atoms with Crippen LogP contribution >= 0.6 is 0 Å². The van der Waals surface area contributed by atoms with Crippen molar-refractivity contribution >= 4 is 11.1 Å². The Morgan fingerprint density at radius 3 is 2.33 bits per heavy atom. The van der Waals surface area contributed by atoms with E-state index in [-0.39, 0.29) is 11.9 Å². The molecule has 74 valence electrons. The molecule has 0 aromatic rings. The normalized spacial score (nSPS) is 15.9. The second-order valence-corrected chi connectivity index (χ2v) is 4.13. The minimum atomic E-state index is -1.72. The summed E-state index contributed by atoms with van der Waals surface area (Å²) in [6.07, 6.45) is 4.11. The lowest BCUT2D eigenvalue weighted by molar-refractivity contribution is 0.282. The summed E-state index contributed by atoms with van der Waals surface area (Å²) < 4.78 is 19.6. The van der Waals surface area contributed by atoms with Crippen LogP contribution in [0.1, 0.15) is 39.0 Å². The summed E-state index contributed by atoms with van der Waals surface area (Å²) in [6, 6.07) is 0. The van der Waals surface area contributed by atoms with Crippen LogP contribution in [0.4, 0.5) is 0 Å². The molecule has 0 rings (SSSR count). The van der Waals surface area contributed by atoms with Gasteiger partial charge in [-0.2, -0.15) is 0 Å². The highest BCUT2D eigenvalue weighted by Gasteiger charge is 2.13. The van der Waals surface area contributed by atoms with Crippen LogP contribution in [0.5, 0.6) is 0 Å². The van der Waals surface area contributed by atoms with Gasteiger partial charge in [0.15, 0.2) is 11.1 Å². The molecule has 0 amide bonds. The van der Waals surface area contributed by atoms with E-state index < -0.39 is 11.1 Å². The Bertz CT molecular complexity index is 119.